The molecule has 0 aromatic heterocycles. The van der Waals surface area contributed by atoms with Gasteiger partial charge in [0.2, 0.25) is 0 Å². The van der Waals surface area contributed by atoms with Gasteiger partial charge in [0.25, 0.3) is 11.8 Å². The number of carbonyl (C=O) groups is 7. The highest BCUT2D eigenvalue weighted by molar-refractivity contribution is 6.12. The van der Waals surface area contributed by atoms with Crippen LogP contribution in [-0.2, 0) is 4.74 Å². The van der Waals surface area contributed by atoms with E-state index >= 15 is 0 Å². The summed E-state index contributed by atoms with van der Waals surface area (Å²) < 4.78 is 4.76. The Kier molecular flexibility index (Phi) is 8.85. The fourth-order valence-electron chi connectivity index (χ4n) is 3.74. The van der Waals surface area contributed by atoms with E-state index in [1.54, 1.807) is 0 Å². The standard InChI is InChI=1S/C30H26N2O8/c1-15(33)19-6-20(16(2)34)12-26(11-19)31-28(37)23-8-24(10-25(9-23)30(39)40-5)29(38)32-27-13-21(17(3)35)7-22(14-27)18(4)36/h6-14H,1-5H3,(H,31,37)(H,32,38). The van der Waals surface area contributed by atoms with Gasteiger partial charge >= 0.3 is 5.97 Å². The summed E-state index contributed by atoms with van der Waals surface area (Å²) in [4.78, 5) is 86.3. The van der Waals surface area contributed by atoms with Crippen molar-refractivity contribution in [2.75, 3.05) is 17.7 Å². The Morgan fingerprint density at radius 1 is 0.450 bits per heavy atom. The molecule has 2 amide bonds. The molecule has 204 valence electrons. The van der Waals surface area contributed by atoms with Gasteiger partial charge in [-0.05, 0) is 82.3 Å². The molecular weight excluding hydrogens is 516 g/mol. The molecule has 3 aromatic rings. The highest BCUT2D eigenvalue weighted by Crippen LogP contribution is 2.21. The number of ether oxygens (including phenoxy) is 1. The SMILES string of the molecule is COC(=O)c1cc(C(=O)Nc2cc(C(C)=O)cc(C(C)=O)c2)cc(C(=O)Nc2cc(C(C)=O)cc(C(C)=O)c2)c1. The number of amides is 2. The number of hydrogen-bond acceptors (Lipinski definition) is 8. The maximum atomic E-state index is 13.2. The number of Topliss-reactive ketones (excluding diaryl/α,β-unsaturated/α-hetero) is 4. The van der Waals surface area contributed by atoms with Crippen LogP contribution >= 0.6 is 0 Å². The van der Waals surface area contributed by atoms with Crippen LogP contribution in [0.15, 0.2) is 54.6 Å². The second kappa shape index (κ2) is 12.1. The molecule has 0 saturated carbocycles. The summed E-state index contributed by atoms with van der Waals surface area (Å²) in [5, 5.41) is 5.17. The summed E-state index contributed by atoms with van der Waals surface area (Å²) in [6, 6.07) is 12.1. The number of benzene rings is 3. The largest absolute Gasteiger partial charge is 0.465 e. The second-order valence-electron chi connectivity index (χ2n) is 9.02. The molecule has 10 nitrogen and oxygen atoms in total. The fourth-order valence-corrected chi connectivity index (χ4v) is 3.74. The van der Waals surface area contributed by atoms with E-state index in [0.29, 0.717) is 0 Å². The van der Waals surface area contributed by atoms with Crippen molar-refractivity contribution >= 4 is 52.3 Å². The van der Waals surface area contributed by atoms with Crippen molar-refractivity contribution in [2.45, 2.75) is 27.7 Å². The summed E-state index contributed by atoms with van der Waals surface area (Å²) in [7, 11) is 1.14. The summed E-state index contributed by atoms with van der Waals surface area (Å²) >= 11 is 0. The fraction of sp³-hybridized carbons (Fsp3) is 0.167. The van der Waals surface area contributed by atoms with E-state index in [1.165, 1.54) is 82.3 Å². The van der Waals surface area contributed by atoms with Crippen molar-refractivity contribution in [1.29, 1.82) is 0 Å². The lowest BCUT2D eigenvalue weighted by Gasteiger charge is -2.12. The van der Waals surface area contributed by atoms with Crippen LogP contribution in [-0.4, -0.2) is 48.0 Å². The minimum Gasteiger partial charge on any atom is -0.465 e. The van der Waals surface area contributed by atoms with Crippen LogP contribution in [0.25, 0.3) is 0 Å². The monoisotopic (exact) mass is 542 g/mol. The van der Waals surface area contributed by atoms with Crippen molar-refractivity contribution < 1.29 is 38.3 Å². The number of ketones is 4. The van der Waals surface area contributed by atoms with Gasteiger partial charge in [-0.1, -0.05) is 0 Å². The smallest absolute Gasteiger partial charge is 0.337 e. The van der Waals surface area contributed by atoms with Gasteiger partial charge < -0.3 is 15.4 Å². The van der Waals surface area contributed by atoms with Gasteiger partial charge in [0.05, 0.1) is 12.7 Å². The number of hydrogen-bond donors (Lipinski definition) is 2. The minimum atomic E-state index is -0.807. The van der Waals surface area contributed by atoms with Gasteiger partial charge in [-0.25, -0.2) is 4.79 Å². The van der Waals surface area contributed by atoms with Crippen molar-refractivity contribution in [3.8, 4) is 0 Å². The van der Waals surface area contributed by atoms with E-state index in [9.17, 15) is 33.6 Å². The quantitative estimate of drug-likeness (QED) is 0.289. The zero-order valence-corrected chi connectivity index (χ0v) is 22.5. The van der Waals surface area contributed by atoms with E-state index < -0.39 is 17.8 Å². The number of esters is 1. The lowest BCUT2D eigenvalue weighted by atomic mass is 10.0. The zero-order chi connectivity index (χ0) is 29.7. The van der Waals surface area contributed by atoms with E-state index in [0.717, 1.165) is 7.11 Å². The van der Waals surface area contributed by atoms with Crippen LogP contribution in [0, 0.1) is 0 Å². The topological polar surface area (TPSA) is 153 Å². The number of methoxy groups -OCH3 is 1. The molecule has 0 saturated heterocycles. The first-order valence-corrected chi connectivity index (χ1v) is 12.0. The molecule has 0 unspecified atom stereocenters. The Labute approximate surface area is 229 Å². The lowest BCUT2D eigenvalue weighted by Crippen LogP contribution is -2.18. The molecule has 0 heterocycles. The Morgan fingerprint density at radius 2 is 0.725 bits per heavy atom. The average Bonchev–Trinajstić information content (AvgIpc) is 2.91. The van der Waals surface area contributed by atoms with Crippen molar-refractivity contribution in [3.05, 3.63) is 93.5 Å². The van der Waals surface area contributed by atoms with E-state index in [1.807, 2.05) is 0 Å². The maximum Gasteiger partial charge on any atom is 0.337 e. The van der Waals surface area contributed by atoms with Gasteiger partial charge in [0.1, 0.15) is 0 Å². The van der Waals surface area contributed by atoms with E-state index in [2.05, 4.69) is 10.6 Å². The molecule has 0 fully saturated rings. The predicted molar refractivity (Wildman–Crippen MR) is 147 cm³/mol. The van der Waals surface area contributed by atoms with E-state index in [4.69, 9.17) is 4.74 Å². The van der Waals surface area contributed by atoms with Gasteiger partial charge in [-0.15, -0.1) is 0 Å². The third-order valence-electron chi connectivity index (χ3n) is 5.89. The first kappa shape index (κ1) is 29.3. The molecule has 0 aliphatic carbocycles. The van der Waals surface area contributed by atoms with Crippen molar-refractivity contribution in [2.24, 2.45) is 0 Å². The molecule has 40 heavy (non-hydrogen) atoms. The molecule has 0 bridgehead atoms. The van der Waals surface area contributed by atoms with Crippen LogP contribution in [0.2, 0.25) is 0 Å². The van der Waals surface area contributed by atoms with Gasteiger partial charge in [0, 0.05) is 44.8 Å². The second-order valence-corrected chi connectivity index (χ2v) is 9.02. The summed E-state index contributed by atoms with van der Waals surface area (Å²) in [5.74, 6) is -3.52. The molecule has 0 aliphatic heterocycles. The van der Waals surface area contributed by atoms with Crippen LogP contribution in [0.5, 0.6) is 0 Å². The number of anilines is 2. The molecule has 0 spiro atoms. The average molecular weight is 543 g/mol. The third-order valence-corrected chi connectivity index (χ3v) is 5.89. The predicted octanol–water partition coefficient (Wildman–Crippen LogP) is 4.79. The minimum absolute atomic E-state index is 0.0902. The Hall–Kier alpha value is -5.25. The molecule has 0 radical (unpaired) electrons. The van der Waals surface area contributed by atoms with Crippen LogP contribution in [0.1, 0.15) is 100 Å². The Balaban J connectivity index is 2.01. The Bertz CT molecular complexity index is 1430. The normalized spacial score (nSPS) is 10.3. The lowest BCUT2D eigenvalue weighted by molar-refractivity contribution is 0.0600. The third kappa shape index (κ3) is 6.98. The molecule has 3 aromatic carbocycles. The van der Waals surface area contributed by atoms with Gasteiger partial charge in [-0.2, -0.15) is 0 Å². The molecule has 3 rings (SSSR count). The van der Waals surface area contributed by atoms with Crippen molar-refractivity contribution in [3.63, 3.8) is 0 Å². The number of carbonyl (C=O) groups excluding carboxylic acids is 7. The highest BCUT2D eigenvalue weighted by Gasteiger charge is 2.19. The van der Waals surface area contributed by atoms with Crippen LogP contribution in [0.4, 0.5) is 11.4 Å². The molecule has 0 atom stereocenters. The molecular formula is C30H26N2O8. The van der Waals surface area contributed by atoms with Crippen LogP contribution in [0.3, 0.4) is 0 Å². The first-order valence-electron chi connectivity index (χ1n) is 12.0. The van der Waals surface area contributed by atoms with E-state index in [-0.39, 0.29) is 73.5 Å². The molecule has 10 heteroatoms. The molecule has 2 N–H and O–H groups in total. The first-order chi connectivity index (χ1) is 18.8. The summed E-state index contributed by atoms with van der Waals surface area (Å²) in [6.07, 6.45) is 0. The Morgan fingerprint density at radius 3 is 1.00 bits per heavy atom. The van der Waals surface area contributed by atoms with Gasteiger partial charge in [-0.3, -0.25) is 28.8 Å². The summed E-state index contributed by atoms with van der Waals surface area (Å²) in [5.41, 5.74) is 0.899. The maximum absolute atomic E-state index is 13.2. The number of nitrogens with one attached hydrogen (secondary N) is 2. The highest BCUT2D eigenvalue weighted by atomic mass is 16.5. The molecule has 0 aliphatic rings. The van der Waals surface area contributed by atoms with Crippen molar-refractivity contribution in [1.82, 2.24) is 0 Å². The zero-order valence-electron chi connectivity index (χ0n) is 22.5. The van der Waals surface area contributed by atoms with Crippen LogP contribution < -0.4 is 10.6 Å². The summed E-state index contributed by atoms with van der Waals surface area (Å²) in [6.45, 7) is 5.28. The number of rotatable bonds is 9. The van der Waals surface area contributed by atoms with Gasteiger partial charge in [0.15, 0.2) is 23.1 Å².